The third kappa shape index (κ3) is 14.5. The first kappa shape index (κ1) is 22.9. The van der Waals surface area contributed by atoms with Crippen LogP contribution < -0.4 is 11.1 Å². The number of hydrogen-bond donors (Lipinski definition) is 2. The van der Waals surface area contributed by atoms with E-state index in [0.29, 0.717) is 38.1 Å². The molecule has 0 aliphatic heterocycles. The monoisotopic (exact) mass is 344 g/mol. The van der Waals surface area contributed by atoms with Crippen LogP contribution in [-0.4, -0.2) is 44.3 Å². The van der Waals surface area contributed by atoms with Gasteiger partial charge in [0.1, 0.15) is 12.6 Å². The molecule has 1 unspecified atom stereocenters. The van der Waals surface area contributed by atoms with Crippen molar-refractivity contribution in [3.05, 3.63) is 0 Å². The van der Waals surface area contributed by atoms with Crippen LogP contribution in [0, 0.1) is 11.8 Å². The number of ether oxygens (including phenoxy) is 2. The highest BCUT2D eigenvalue weighted by molar-refractivity contribution is 5.86. The SMILES string of the molecule is CC(C)CCCCC(NC(=O)COCCOCCC(C)C)C(N)=O. The third-order valence-electron chi connectivity index (χ3n) is 3.65. The van der Waals surface area contributed by atoms with Crippen molar-refractivity contribution in [3.8, 4) is 0 Å². The highest BCUT2D eigenvalue weighted by Crippen LogP contribution is 2.09. The standard InChI is InChI=1S/C18H36N2O4/c1-14(2)7-5-6-8-16(18(19)22)20-17(21)13-24-12-11-23-10-9-15(3)4/h14-16H,5-13H2,1-4H3,(H2,19,22)(H,20,21). The lowest BCUT2D eigenvalue weighted by Crippen LogP contribution is -2.45. The van der Waals surface area contributed by atoms with E-state index in [4.69, 9.17) is 15.2 Å². The molecule has 1 atom stereocenters. The predicted molar refractivity (Wildman–Crippen MR) is 95.5 cm³/mol. The molecule has 0 saturated carbocycles. The van der Waals surface area contributed by atoms with E-state index in [1.165, 1.54) is 0 Å². The van der Waals surface area contributed by atoms with Crippen LogP contribution >= 0.6 is 0 Å². The molecule has 6 nitrogen and oxygen atoms in total. The minimum absolute atomic E-state index is 0.0800. The van der Waals surface area contributed by atoms with Gasteiger partial charge in [0.2, 0.25) is 11.8 Å². The van der Waals surface area contributed by atoms with Crippen LogP contribution in [0.5, 0.6) is 0 Å². The molecular weight excluding hydrogens is 308 g/mol. The summed E-state index contributed by atoms with van der Waals surface area (Å²) in [6, 6.07) is -0.615. The molecule has 0 bridgehead atoms. The van der Waals surface area contributed by atoms with Crippen molar-refractivity contribution in [1.82, 2.24) is 5.32 Å². The van der Waals surface area contributed by atoms with Crippen LogP contribution in [0.4, 0.5) is 0 Å². The Balaban J connectivity index is 3.77. The summed E-state index contributed by atoms with van der Waals surface area (Å²) >= 11 is 0. The van der Waals surface area contributed by atoms with E-state index < -0.39 is 11.9 Å². The van der Waals surface area contributed by atoms with E-state index in [1.807, 2.05) is 0 Å². The molecule has 0 saturated heterocycles. The van der Waals surface area contributed by atoms with Crippen LogP contribution in [0.25, 0.3) is 0 Å². The largest absolute Gasteiger partial charge is 0.379 e. The van der Waals surface area contributed by atoms with Gasteiger partial charge in [0, 0.05) is 6.61 Å². The lowest BCUT2D eigenvalue weighted by atomic mass is 10.0. The Kier molecular flexibility index (Phi) is 13.5. The quantitative estimate of drug-likeness (QED) is 0.446. The van der Waals surface area contributed by atoms with Crippen molar-refractivity contribution >= 4 is 11.8 Å². The normalized spacial score (nSPS) is 12.6. The zero-order chi connectivity index (χ0) is 18.4. The summed E-state index contributed by atoms with van der Waals surface area (Å²) in [6.45, 7) is 10.1. The smallest absolute Gasteiger partial charge is 0.246 e. The number of primary amides is 1. The van der Waals surface area contributed by atoms with Gasteiger partial charge in [-0.15, -0.1) is 0 Å². The highest BCUT2D eigenvalue weighted by Gasteiger charge is 2.17. The molecule has 24 heavy (non-hydrogen) atoms. The van der Waals surface area contributed by atoms with Gasteiger partial charge in [-0.2, -0.15) is 0 Å². The van der Waals surface area contributed by atoms with Crippen molar-refractivity contribution in [2.75, 3.05) is 26.4 Å². The molecule has 2 amide bonds. The van der Waals surface area contributed by atoms with Gasteiger partial charge < -0.3 is 20.5 Å². The summed E-state index contributed by atoms with van der Waals surface area (Å²) in [5.41, 5.74) is 5.35. The first-order valence-electron chi connectivity index (χ1n) is 9.07. The van der Waals surface area contributed by atoms with Gasteiger partial charge in [-0.05, 0) is 24.7 Å². The fourth-order valence-corrected chi connectivity index (χ4v) is 2.13. The van der Waals surface area contributed by atoms with Crippen molar-refractivity contribution in [2.45, 2.75) is 65.8 Å². The van der Waals surface area contributed by atoms with Crippen LogP contribution in [-0.2, 0) is 19.1 Å². The topological polar surface area (TPSA) is 90.7 Å². The van der Waals surface area contributed by atoms with E-state index in [0.717, 1.165) is 25.7 Å². The number of nitrogens with two attached hydrogens (primary N) is 1. The predicted octanol–water partition coefficient (Wildman–Crippen LogP) is 2.25. The van der Waals surface area contributed by atoms with Gasteiger partial charge >= 0.3 is 0 Å². The first-order chi connectivity index (χ1) is 11.3. The highest BCUT2D eigenvalue weighted by atomic mass is 16.5. The Morgan fingerprint density at radius 1 is 0.875 bits per heavy atom. The van der Waals surface area contributed by atoms with Crippen molar-refractivity contribution in [2.24, 2.45) is 17.6 Å². The number of carbonyl (C=O) groups excluding carboxylic acids is 2. The number of hydrogen-bond acceptors (Lipinski definition) is 4. The second-order valence-electron chi connectivity index (χ2n) is 7.05. The van der Waals surface area contributed by atoms with E-state index in [9.17, 15) is 9.59 Å². The molecule has 6 heteroatoms. The van der Waals surface area contributed by atoms with Crippen LogP contribution in [0.1, 0.15) is 59.8 Å². The number of nitrogens with one attached hydrogen (secondary N) is 1. The molecule has 0 rings (SSSR count). The van der Waals surface area contributed by atoms with Crippen LogP contribution in [0.2, 0.25) is 0 Å². The molecule has 3 N–H and O–H groups in total. The number of carbonyl (C=O) groups is 2. The van der Waals surface area contributed by atoms with Gasteiger partial charge in [0.05, 0.1) is 13.2 Å². The van der Waals surface area contributed by atoms with Crippen LogP contribution in [0.3, 0.4) is 0 Å². The summed E-state index contributed by atoms with van der Waals surface area (Å²) in [5, 5.41) is 2.64. The molecule has 0 aromatic heterocycles. The fourth-order valence-electron chi connectivity index (χ4n) is 2.13. The summed E-state index contributed by atoms with van der Waals surface area (Å²) < 4.78 is 10.7. The number of rotatable bonds is 15. The van der Waals surface area contributed by atoms with Crippen molar-refractivity contribution in [1.29, 1.82) is 0 Å². The molecule has 0 radical (unpaired) electrons. The van der Waals surface area contributed by atoms with E-state index in [-0.39, 0.29) is 12.5 Å². The van der Waals surface area contributed by atoms with Gasteiger partial charge in [0.15, 0.2) is 0 Å². The molecular formula is C18H36N2O4. The molecule has 142 valence electrons. The van der Waals surface area contributed by atoms with Gasteiger partial charge in [-0.3, -0.25) is 9.59 Å². The summed E-state index contributed by atoms with van der Waals surface area (Å²) in [5.74, 6) is 0.445. The molecule has 0 aromatic carbocycles. The summed E-state index contributed by atoms with van der Waals surface area (Å²) in [7, 11) is 0. The lowest BCUT2D eigenvalue weighted by molar-refractivity contribution is -0.130. The third-order valence-corrected chi connectivity index (χ3v) is 3.65. The zero-order valence-electron chi connectivity index (χ0n) is 15.8. The Labute approximate surface area is 146 Å². The maximum Gasteiger partial charge on any atom is 0.246 e. The maximum atomic E-state index is 11.8. The Hall–Kier alpha value is -1.14. The lowest BCUT2D eigenvalue weighted by Gasteiger charge is -2.16. The first-order valence-corrected chi connectivity index (χ1v) is 9.07. The minimum Gasteiger partial charge on any atom is -0.379 e. The number of amides is 2. The second-order valence-corrected chi connectivity index (χ2v) is 7.05. The molecule has 0 spiro atoms. The average molecular weight is 344 g/mol. The molecule has 0 heterocycles. The van der Waals surface area contributed by atoms with Crippen molar-refractivity contribution < 1.29 is 19.1 Å². The molecule has 0 aromatic rings. The van der Waals surface area contributed by atoms with E-state index >= 15 is 0 Å². The molecule has 0 aliphatic rings. The Morgan fingerprint density at radius 3 is 2.04 bits per heavy atom. The Morgan fingerprint density at radius 2 is 1.46 bits per heavy atom. The van der Waals surface area contributed by atoms with Gasteiger partial charge in [-0.25, -0.2) is 0 Å². The zero-order valence-corrected chi connectivity index (χ0v) is 15.8. The van der Waals surface area contributed by atoms with Crippen LogP contribution in [0.15, 0.2) is 0 Å². The maximum absolute atomic E-state index is 11.8. The molecule has 0 aliphatic carbocycles. The second kappa shape index (κ2) is 14.2. The van der Waals surface area contributed by atoms with Crippen molar-refractivity contribution in [3.63, 3.8) is 0 Å². The van der Waals surface area contributed by atoms with E-state index in [1.54, 1.807) is 0 Å². The number of unbranched alkanes of at least 4 members (excludes halogenated alkanes) is 1. The molecule has 0 fully saturated rings. The summed E-state index contributed by atoms with van der Waals surface area (Å²) in [6.07, 6.45) is 4.60. The fraction of sp³-hybridized carbons (Fsp3) is 0.889. The minimum atomic E-state index is -0.615. The Bertz CT molecular complexity index is 346. The van der Waals surface area contributed by atoms with Gasteiger partial charge in [0.25, 0.3) is 0 Å². The average Bonchev–Trinajstić information content (AvgIpc) is 2.48. The summed E-state index contributed by atoms with van der Waals surface area (Å²) in [4.78, 5) is 23.2. The van der Waals surface area contributed by atoms with E-state index in [2.05, 4.69) is 33.0 Å². The van der Waals surface area contributed by atoms with Gasteiger partial charge in [-0.1, -0.05) is 47.0 Å².